The molecule has 1 aliphatic rings. The van der Waals surface area contributed by atoms with Crippen molar-refractivity contribution >= 4 is 23.9 Å². The second-order valence-electron chi connectivity index (χ2n) is 21.7. The molecule has 0 aromatic rings. The number of hydrogen-bond donors (Lipinski definition) is 3. The predicted molar refractivity (Wildman–Crippen MR) is 303 cm³/mol. The van der Waals surface area contributed by atoms with Crippen LogP contribution in [0.5, 0.6) is 0 Å². The largest absolute Gasteiger partial charge is 0.479 e. The van der Waals surface area contributed by atoms with Gasteiger partial charge in [0.1, 0.15) is 18.8 Å². The smallest absolute Gasteiger partial charge is 0.335 e. The number of aliphatic hydroxyl groups excluding tert-OH is 2. The van der Waals surface area contributed by atoms with Crippen molar-refractivity contribution in [3.63, 3.8) is 0 Å². The summed E-state index contributed by atoms with van der Waals surface area (Å²) in [7, 11) is 0. The highest BCUT2D eigenvalue weighted by Gasteiger charge is 2.50. The molecular formula is C63H114O12. The lowest BCUT2D eigenvalue weighted by Gasteiger charge is -2.40. The molecule has 1 heterocycles. The molecule has 1 aliphatic heterocycles. The first-order valence-corrected chi connectivity index (χ1v) is 31.3. The average Bonchev–Trinajstić information content (AvgIpc) is 3.39. The van der Waals surface area contributed by atoms with Crippen LogP contribution in [0, 0.1) is 0 Å². The Morgan fingerprint density at radius 1 is 0.427 bits per heavy atom. The van der Waals surface area contributed by atoms with Crippen molar-refractivity contribution in [1.82, 2.24) is 0 Å². The van der Waals surface area contributed by atoms with Crippen molar-refractivity contribution in [3.05, 3.63) is 24.3 Å². The number of rotatable bonds is 54. The second-order valence-corrected chi connectivity index (χ2v) is 21.7. The van der Waals surface area contributed by atoms with Gasteiger partial charge in [-0.05, 0) is 64.2 Å². The zero-order chi connectivity index (χ0) is 54.7. The molecule has 0 bridgehead atoms. The maximum atomic E-state index is 13.2. The number of allylic oxidation sites excluding steroid dienone is 4. The average molecular weight is 1060 g/mol. The summed E-state index contributed by atoms with van der Waals surface area (Å²) in [5, 5.41) is 31.5. The molecule has 12 heteroatoms. The van der Waals surface area contributed by atoms with Crippen LogP contribution in [0.25, 0.3) is 0 Å². The van der Waals surface area contributed by atoms with Gasteiger partial charge in [-0.25, -0.2) is 4.79 Å². The summed E-state index contributed by atoms with van der Waals surface area (Å²) < 4.78 is 28.5. The number of carbonyl (C=O) groups excluding carboxylic acids is 3. The van der Waals surface area contributed by atoms with Gasteiger partial charge in [0.05, 0.1) is 6.61 Å². The number of unbranched alkanes of at least 4 members (excludes halogenated alkanes) is 36. The number of hydrogen-bond acceptors (Lipinski definition) is 11. The van der Waals surface area contributed by atoms with Crippen LogP contribution in [-0.4, -0.2) is 89.2 Å². The molecule has 0 saturated carbocycles. The predicted octanol–water partition coefficient (Wildman–Crippen LogP) is 16.2. The number of aliphatic carboxylic acids is 1. The fraction of sp³-hybridized carbons (Fsp3) is 0.873. The maximum Gasteiger partial charge on any atom is 0.335 e. The quantitative estimate of drug-likeness (QED) is 0.0228. The third kappa shape index (κ3) is 41.9. The van der Waals surface area contributed by atoms with Crippen molar-refractivity contribution in [2.75, 3.05) is 13.2 Å². The van der Waals surface area contributed by atoms with Gasteiger partial charge >= 0.3 is 23.9 Å². The molecule has 438 valence electrons. The highest BCUT2D eigenvalue weighted by atomic mass is 16.7. The van der Waals surface area contributed by atoms with Gasteiger partial charge in [-0.15, -0.1) is 0 Å². The van der Waals surface area contributed by atoms with Crippen molar-refractivity contribution in [2.24, 2.45) is 0 Å². The Bertz CT molecular complexity index is 1400. The minimum atomic E-state index is -1.90. The molecule has 3 N–H and O–H groups in total. The van der Waals surface area contributed by atoms with E-state index in [1.54, 1.807) is 0 Å². The lowest BCUT2D eigenvalue weighted by molar-refractivity contribution is -0.301. The Balaban J connectivity index is 2.64. The summed E-state index contributed by atoms with van der Waals surface area (Å²) in [6.07, 6.45) is 47.3. The van der Waals surface area contributed by atoms with Crippen LogP contribution in [0.1, 0.15) is 303 Å². The Morgan fingerprint density at radius 3 is 1.17 bits per heavy atom. The summed E-state index contributed by atoms with van der Waals surface area (Å²) in [5.74, 6) is -3.11. The van der Waals surface area contributed by atoms with Crippen molar-refractivity contribution in [1.29, 1.82) is 0 Å². The monoisotopic (exact) mass is 1060 g/mol. The van der Waals surface area contributed by atoms with Crippen LogP contribution >= 0.6 is 0 Å². The zero-order valence-corrected chi connectivity index (χ0v) is 48.3. The Hall–Kier alpha value is -2.80. The van der Waals surface area contributed by atoms with Gasteiger partial charge in [0.2, 0.25) is 0 Å². The molecule has 6 unspecified atom stereocenters. The Labute approximate surface area is 458 Å². The molecule has 0 radical (unpaired) electrons. The van der Waals surface area contributed by atoms with E-state index < -0.39 is 67.3 Å². The first kappa shape index (κ1) is 70.2. The van der Waals surface area contributed by atoms with Gasteiger partial charge < -0.3 is 39.0 Å². The molecule has 0 aromatic carbocycles. The van der Waals surface area contributed by atoms with Gasteiger partial charge in [-0.2, -0.15) is 0 Å². The maximum absolute atomic E-state index is 13.2. The molecule has 12 nitrogen and oxygen atoms in total. The number of ether oxygens (including phenoxy) is 5. The molecule has 1 saturated heterocycles. The fourth-order valence-electron chi connectivity index (χ4n) is 9.64. The molecule has 1 rings (SSSR count). The van der Waals surface area contributed by atoms with Crippen LogP contribution in [0.2, 0.25) is 0 Å². The van der Waals surface area contributed by atoms with E-state index in [2.05, 4.69) is 45.1 Å². The summed E-state index contributed by atoms with van der Waals surface area (Å²) >= 11 is 0. The van der Waals surface area contributed by atoms with E-state index in [1.165, 1.54) is 148 Å². The van der Waals surface area contributed by atoms with Crippen LogP contribution < -0.4 is 0 Å². The first-order valence-electron chi connectivity index (χ1n) is 31.3. The SMILES string of the molecule is CCCC/C=C\CCCCCCCC(=O)OC1C(OCC(COC(=O)CCCCCCCCCCCCCCCCCCCCC)OC(=O)CCCCCCC/C=C\CCCCCCCC)OC(C(=O)O)C(O)C1O. The van der Waals surface area contributed by atoms with Gasteiger partial charge in [0, 0.05) is 19.3 Å². The standard InChI is InChI=1S/C63H114O12/c1-4-7-10-13-16-19-22-24-26-27-28-29-31-32-35-37-40-43-46-49-55(64)71-52-54(73-56(65)50-47-44-41-39-36-33-30-25-23-20-17-14-11-8-5-2)53-72-63-61(59(68)58(67)60(75-63)62(69)70)74-57(66)51-48-45-42-38-34-21-18-15-12-9-6-3/h15,18,25,30,54,58-61,63,67-68H,4-14,16-17,19-24,26-29,31-53H2,1-3H3,(H,69,70)/b18-15-,30-25-. The van der Waals surface area contributed by atoms with E-state index in [0.29, 0.717) is 19.3 Å². The van der Waals surface area contributed by atoms with E-state index >= 15 is 0 Å². The summed E-state index contributed by atoms with van der Waals surface area (Å²) in [6.45, 7) is 5.97. The summed E-state index contributed by atoms with van der Waals surface area (Å²) in [5.41, 5.74) is 0. The molecule has 75 heavy (non-hydrogen) atoms. The van der Waals surface area contributed by atoms with Gasteiger partial charge in [-0.1, -0.05) is 244 Å². The topological polar surface area (TPSA) is 175 Å². The first-order chi connectivity index (χ1) is 36.6. The second kappa shape index (κ2) is 51.9. The Kier molecular flexibility index (Phi) is 48.6. The van der Waals surface area contributed by atoms with Crippen molar-refractivity contribution in [3.8, 4) is 0 Å². The Morgan fingerprint density at radius 2 is 0.773 bits per heavy atom. The lowest BCUT2D eigenvalue weighted by atomic mass is 9.98. The zero-order valence-electron chi connectivity index (χ0n) is 48.3. The molecule has 0 amide bonds. The molecule has 1 fully saturated rings. The summed E-state index contributed by atoms with van der Waals surface area (Å²) in [6, 6.07) is 0. The van der Waals surface area contributed by atoms with Gasteiger partial charge in [-0.3, -0.25) is 14.4 Å². The van der Waals surface area contributed by atoms with Gasteiger partial charge in [0.15, 0.2) is 24.6 Å². The molecule has 0 aliphatic carbocycles. The number of aliphatic hydroxyl groups is 2. The van der Waals surface area contributed by atoms with E-state index in [0.717, 1.165) is 96.3 Å². The van der Waals surface area contributed by atoms with Gasteiger partial charge in [0.25, 0.3) is 0 Å². The number of esters is 3. The minimum Gasteiger partial charge on any atom is -0.479 e. The van der Waals surface area contributed by atoms with E-state index in [1.807, 2.05) is 0 Å². The van der Waals surface area contributed by atoms with Crippen LogP contribution in [0.4, 0.5) is 0 Å². The lowest BCUT2D eigenvalue weighted by Crippen LogP contribution is -2.61. The normalized spacial score (nSPS) is 18.2. The summed E-state index contributed by atoms with van der Waals surface area (Å²) in [4.78, 5) is 51.1. The van der Waals surface area contributed by atoms with Crippen LogP contribution in [0.15, 0.2) is 24.3 Å². The van der Waals surface area contributed by atoms with E-state index in [9.17, 15) is 34.5 Å². The van der Waals surface area contributed by atoms with Crippen LogP contribution in [-0.2, 0) is 42.9 Å². The van der Waals surface area contributed by atoms with Crippen molar-refractivity contribution < 1.29 is 58.2 Å². The molecular weight excluding hydrogens is 949 g/mol. The van der Waals surface area contributed by atoms with E-state index in [4.69, 9.17) is 23.7 Å². The third-order valence-corrected chi connectivity index (χ3v) is 14.5. The van der Waals surface area contributed by atoms with Crippen LogP contribution in [0.3, 0.4) is 0 Å². The molecule has 6 atom stereocenters. The molecule has 0 aromatic heterocycles. The number of carboxylic acids is 1. The van der Waals surface area contributed by atoms with Crippen molar-refractivity contribution in [2.45, 2.75) is 340 Å². The number of carboxylic acid groups (broad SMARTS) is 1. The number of carbonyl (C=O) groups is 4. The molecule has 0 spiro atoms. The van der Waals surface area contributed by atoms with E-state index in [-0.39, 0.29) is 25.9 Å². The third-order valence-electron chi connectivity index (χ3n) is 14.5. The minimum absolute atomic E-state index is 0.0529. The fourth-order valence-corrected chi connectivity index (χ4v) is 9.64. The highest BCUT2D eigenvalue weighted by molar-refractivity contribution is 5.74. The highest BCUT2D eigenvalue weighted by Crippen LogP contribution is 2.27.